The van der Waals surface area contributed by atoms with Crippen molar-refractivity contribution in [1.82, 2.24) is 0 Å². The fraction of sp³-hybridized carbons (Fsp3) is 0.438. The lowest BCUT2D eigenvalue weighted by Crippen LogP contribution is -2.22. The summed E-state index contributed by atoms with van der Waals surface area (Å²) in [7, 11) is 0. The molecule has 1 aromatic carbocycles. The predicted molar refractivity (Wildman–Crippen MR) is 85.5 cm³/mol. The summed E-state index contributed by atoms with van der Waals surface area (Å²) in [6.07, 6.45) is 2.93. The molecule has 2 N–H and O–H groups in total. The van der Waals surface area contributed by atoms with Crippen molar-refractivity contribution in [2.24, 2.45) is 0 Å². The van der Waals surface area contributed by atoms with Gasteiger partial charge in [-0.25, -0.2) is 0 Å². The quantitative estimate of drug-likeness (QED) is 0.643. The van der Waals surface area contributed by atoms with Gasteiger partial charge in [-0.1, -0.05) is 37.6 Å². The van der Waals surface area contributed by atoms with Crippen LogP contribution in [0, 0.1) is 0 Å². The van der Waals surface area contributed by atoms with Gasteiger partial charge >= 0.3 is 11.9 Å². The van der Waals surface area contributed by atoms with Crippen LogP contribution < -0.4 is 0 Å². The number of aliphatic carboxylic acids is 2. The van der Waals surface area contributed by atoms with Crippen molar-refractivity contribution >= 4 is 29.5 Å². The summed E-state index contributed by atoms with van der Waals surface area (Å²) in [4.78, 5) is 33.7. The van der Waals surface area contributed by atoms with Crippen LogP contribution in [-0.4, -0.2) is 38.9 Å². The van der Waals surface area contributed by atoms with E-state index >= 15 is 0 Å². The lowest BCUT2D eigenvalue weighted by Gasteiger charge is -2.10. The van der Waals surface area contributed by atoms with E-state index in [0.717, 1.165) is 36.6 Å². The van der Waals surface area contributed by atoms with E-state index in [1.54, 1.807) is 12.1 Å². The van der Waals surface area contributed by atoms with Gasteiger partial charge in [0.15, 0.2) is 5.78 Å². The second-order valence-electron chi connectivity index (χ2n) is 4.96. The third-order valence-electron chi connectivity index (χ3n) is 3.15. The molecule has 0 aliphatic carbocycles. The van der Waals surface area contributed by atoms with E-state index < -0.39 is 17.2 Å². The van der Waals surface area contributed by atoms with Gasteiger partial charge in [-0.3, -0.25) is 14.4 Å². The van der Waals surface area contributed by atoms with Crippen LogP contribution in [0.5, 0.6) is 0 Å². The normalized spacial score (nSPS) is 11.9. The van der Waals surface area contributed by atoms with Crippen LogP contribution >= 0.6 is 11.8 Å². The number of Topliss-reactive ketones (excluding diaryl/α,β-unsaturated/α-hetero) is 1. The van der Waals surface area contributed by atoms with Crippen LogP contribution in [0.25, 0.3) is 0 Å². The second kappa shape index (κ2) is 9.25. The van der Waals surface area contributed by atoms with E-state index in [0.29, 0.717) is 5.56 Å². The van der Waals surface area contributed by atoms with Gasteiger partial charge in [0.05, 0.1) is 5.75 Å². The molecule has 0 unspecified atom stereocenters. The predicted octanol–water partition coefficient (Wildman–Crippen LogP) is 2.87. The number of aryl methyl sites for hydroxylation is 1. The second-order valence-corrected chi connectivity index (χ2v) is 6.15. The van der Waals surface area contributed by atoms with Gasteiger partial charge in [-0.15, -0.1) is 11.8 Å². The lowest BCUT2D eigenvalue weighted by atomic mass is 10.0. The van der Waals surface area contributed by atoms with E-state index in [-0.39, 0.29) is 18.0 Å². The van der Waals surface area contributed by atoms with E-state index in [4.69, 9.17) is 10.2 Å². The Morgan fingerprint density at radius 2 is 1.77 bits per heavy atom. The van der Waals surface area contributed by atoms with Crippen molar-refractivity contribution < 1.29 is 24.6 Å². The molecule has 1 aromatic rings. The molecule has 0 fully saturated rings. The highest BCUT2D eigenvalue weighted by Gasteiger charge is 2.23. The van der Waals surface area contributed by atoms with Crippen LogP contribution in [0.4, 0.5) is 0 Å². The number of carboxylic acid groups (broad SMARTS) is 2. The molecule has 0 bridgehead atoms. The van der Waals surface area contributed by atoms with Crippen LogP contribution in [0.3, 0.4) is 0 Å². The smallest absolute Gasteiger partial charge is 0.317 e. The molecule has 0 saturated heterocycles. The largest absolute Gasteiger partial charge is 0.481 e. The topological polar surface area (TPSA) is 91.7 Å². The number of thioether (sulfide) groups is 1. The fourth-order valence-corrected chi connectivity index (χ4v) is 2.67. The number of hydrogen-bond acceptors (Lipinski definition) is 4. The molecule has 22 heavy (non-hydrogen) atoms. The Balaban J connectivity index is 2.65. The van der Waals surface area contributed by atoms with Gasteiger partial charge in [-0.05, 0) is 18.4 Å². The molecule has 1 rings (SSSR count). The zero-order valence-electron chi connectivity index (χ0n) is 12.4. The van der Waals surface area contributed by atoms with E-state index in [9.17, 15) is 14.4 Å². The molecular weight excluding hydrogens is 304 g/mol. The Bertz CT molecular complexity index is 524. The highest BCUT2D eigenvalue weighted by Crippen LogP contribution is 2.18. The molecule has 0 aliphatic heterocycles. The first-order chi connectivity index (χ1) is 10.4. The van der Waals surface area contributed by atoms with Crippen LogP contribution in [0.15, 0.2) is 24.3 Å². The summed E-state index contributed by atoms with van der Waals surface area (Å²) in [6, 6.07) is 7.16. The SMILES string of the molecule is CCCCc1ccc(C(=O)C[C@H](SCC(=O)O)C(=O)O)cc1. The Morgan fingerprint density at radius 1 is 1.14 bits per heavy atom. The molecule has 0 heterocycles. The van der Waals surface area contributed by atoms with Gasteiger partial charge in [0.2, 0.25) is 0 Å². The first-order valence-corrected chi connectivity index (χ1v) is 8.17. The average molecular weight is 324 g/mol. The molecule has 0 aliphatic rings. The van der Waals surface area contributed by atoms with Crippen molar-refractivity contribution in [2.75, 3.05) is 5.75 Å². The minimum absolute atomic E-state index is 0.207. The standard InChI is InChI=1S/C16H20O5S/c1-2-3-4-11-5-7-12(8-6-11)13(17)9-14(16(20)21)22-10-15(18)19/h5-8,14H,2-4,9-10H2,1H3,(H,18,19)(H,20,21)/t14-/m0/s1. The maximum Gasteiger partial charge on any atom is 0.317 e. The van der Waals surface area contributed by atoms with E-state index in [2.05, 4.69) is 6.92 Å². The highest BCUT2D eigenvalue weighted by molar-refractivity contribution is 8.01. The maximum atomic E-state index is 12.1. The van der Waals surface area contributed by atoms with Gasteiger partial charge in [0, 0.05) is 12.0 Å². The summed E-state index contributed by atoms with van der Waals surface area (Å²) in [5, 5.41) is 16.6. The summed E-state index contributed by atoms with van der Waals surface area (Å²) in [6.45, 7) is 2.11. The number of rotatable bonds is 10. The summed E-state index contributed by atoms with van der Waals surface area (Å²) in [5.41, 5.74) is 1.61. The number of carbonyl (C=O) groups is 3. The minimum atomic E-state index is -1.17. The van der Waals surface area contributed by atoms with Crippen LogP contribution in [0.1, 0.15) is 42.1 Å². The van der Waals surface area contributed by atoms with E-state index in [1.165, 1.54) is 0 Å². The molecule has 0 saturated carbocycles. The Kier molecular flexibility index (Phi) is 7.66. The number of ketones is 1. The Morgan fingerprint density at radius 3 is 2.27 bits per heavy atom. The van der Waals surface area contributed by atoms with Crippen LogP contribution in [-0.2, 0) is 16.0 Å². The van der Waals surface area contributed by atoms with Crippen molar-refractivity contribution in [3.8, 4) is 0 Å². The van der Waals surface area contributed by atoms with Crippen molar-refractivity contribution in [3.63, 3.8) is 0 Å². The van der Waals surface area contributed by atoms with Gasteiger partial charge in [0.1, 0.15) is 5.25 Å². The first-order valence-electron chi connectivity index (χ1n) is 7.12. The zero-order valence-corrected chi connectivity index (χ0v) is 13.3. The zero-order chi connectivity index (χ0) is 16.5. The molecule has 1 atom stereocenters. The molecule has 0 aromatic heterocycles. The Labute approximate surface area is 133 Å². The number of benzene rings is 1. The Hall–Kier alpha value is -1.82. The summed E-state index contributed by atoms with van der Waals surface area (Å²) in [5.74, 6) is -2.88. The third-order valence-corrected chi connectivity index (χ3v) is 4.33. The number of unbranched alkanes of at least 4 members (excludes halogenated alkanes) is 1. The highest BCUT2D eigenvalue weighted by atomic mass is 32.2. The molecular formula is C16H20O5S. The van der Waals surface area contributed by atoms with Crippen molar-refractivity contribution in [1.29, 1.82) is 0 Å². The number of hydrogen-bond donors (Lipinski definition) is 2. The number of carbonyl (C=O) groups excluding carboxylic acids is 1. The first kappa shape index (κ1) is 18.2. The fourth-order valence-electron chi connectivity index (χ4n) is 1.91. The molecule has 0 spiro atoms. The maximum absolute atomic E-state index is 12.1. The third kappa shape index (κ3) is 6.30. The summed E-state index contributed by atoms with van der Waals surface area (Å²) >= 11 is 0.755. The minimum Gasteiger partial charge on any atom is -0.481 e. The van der Waals surface area contributed by atoms with Gasteiger partial charge in [0.25, 0.3) is 0 Å². The van der Waals surface area contributed by atoms with Gasteiger partial charge in [-0.2, -0.15) is 0 Å². The number of carboxylic acids is 2. The average Bonchev–Trinajstić information content (AvgIpc) is 2.49. The molecule has 0 amide bonds. The molecule has 5 nitrogen and oxygen atoms in total. The molecule has 0 radical (unpaired) electrons. The lowest BCUT2D eigenvalue weighted by molar-refractivity contribution is -0.136. The van der Waals surface area contributed by atoms with Crippen LogP contribution in [0.2, 0.25) is 0 Å². The molecule has 120 valence electrons. The molecule has 6 heteroatoms. The van der Waals surface area contributed by atoms with E-state index in [1.807, 2.05) is 12.1 Å². The van der Waals surface area contributed by atoms with Gasteiger partial charge < -0.3 is 10.2 Å². The van der Waals surface area contributed by atoms with Crippen molar-refractivity contribution in [2.45, 2.75) is 37.9 Å². The summed E-state index contributed by atoms with van der Waals surface area (Å²) < 4.78 is 0. The monoisotopic (exact) mass is 324 g/mol. The van der Waals surface area contributed by atoms with Crippen molar-refractivity contribution in [3.05, 3.63) is 35.4 Å².